The fourth-order valence-corrected chi connectivity index (χ4v) is 3.79. The summed E-state index contributed by atoms with van der Waals surface area (Å²) >= 11 is 0. The highest BCUT2D eigenvalue weighted by Crippen LogP contribution is 2.23. The van der Waals surface area contributed by atoms with Gasteiger partial charge in [0.15, 0.2) is 5.76 Å². The number of piperidine rings is 1. The van der Waals surface area contributed by atoms with Crippen LogP contribution in [-0.4, -0.2) is 48.3 Å². The number of hydrogen-bond acceptors (Lipinski definition) is 4. The second-order valence-corrected chi connectivity index (χ2v) is 7.66. The number of rotatable bonds is 7. The molecule has 160 valence electrons. The Balaban J connectivity index is 1.68. The van der Waals surface area contributed by atoms with Gasteiger partial charge in [0.2, 0.25) is 5.91 Å². The van der Waals surface area contributed by atoms with Crippen molar-refractivity contribution in [3.63, 3.8) is 0 Å². The lowest BCUT2D eigenvalue weighted by Crippen LogP contribution is -2.54. The number of carbonyl (C=O) groups excluding carboxylic acids is 3. The van der Waals surface area contributed by atoms with Gasteiger partial charge in [-0.05, 0) is 55.9 Å². The van der Waals surface area contributed by atoms with Gasteiger partial charge in [0.05, 0.1) is 6.26 Å². The molecule has 1 aliphatic heterocycles. The van der Waals surface area contributed by atoms with Gasteiger partial charge in [-0.1, -0.05) is 25.1 Å². The van der Waals surface area contributed by atoms with Crippen LogP contribution in [0, 0.1) is 12.8 Å². The molecular formula is C23H29N3O4. The molecule has 0 spiro atoms. The summed E-state index contributed by atoms with van der Waals surface area (Å²) in [5, 5.41) is 5.86. The lowest BCUT2D eigenvalue weighted by Gasteiger charge is -2.35. The quantitative estimate of drug-likeness (QED) is 0.733. The molecule has 7 nitrogen and oxygen atoms in total. The minimum atomic E-state index is -0.635. The molecule has 1 aliphatic rings. The van der Waals surface area contributed by atoms with Crippen molar-refractivity contribution in [3.8, 4) is 0 Å². The van der Waals surface area contributed by atoms with Crippen molar-refractivity contribution in [3.05, 3.63) is 59.5 Å². The second kappa shape index (κ2) is 10.1. The Labute approximate surface area is 176 Å². The van der Waals surface area contributed by atoms with Crippen LogP contribution in [0.5, 0.6) is 0 Å². The van der Waals surface area contributed by atoms with Gasteiger partial charge in [0.25, 0.3) is 11.8 Å². The van der Waals surface area contributed by atoms with Crippen molar-refractivity contribution in [1.82, 2.24) is 15.5 Å². The summed E-state index contributed by atoms with van der Waals surface area (Å²) in [6, 6.07) is 10.0. The molecule has 1 unspecified atom stereocenters. The van der Waals surface area contributed by atoms with Crippen molar-refractivity contribution < 1.29 is 18.8 Å². The van der Waals surface area contributed by atoms with Crippen molar-refractivity contribution in [2.24, 2.45) is 5.92 Å². The van der Waals surface area contributed by atoms with Gasteiger partial charge in [-0.2, -0.15) is 0 Å². The van der Waals surface area contributed by atoms with E-state index in [2.05, 4.69) is 10.6 Å². The highest BCUT2D eigenvalue weighted by atomic mass is 16.3. The molecule has 30 heavy (non-hydrogen) atoms. The SMILES string of the molecule is CCCNC(=O)C(NC(=O)c1ccccc1C)C1CCN(C(=O)c2ccco2)CC1. The van der Waals surface area contributed by atoms with E-state index in [-0.39, 0.29) is 23.6 Å². The monoisotopic (exact) mass is 411 g/mol. The first-order valence-electron chi connectivity index (χ1n) is 10.5. The molecule has 3 amide bonds. The Morgan fingerprint density at radius 1 is 1.13 bits per heavy atom. The van der Waals surface area contributed by atoms with Crippen molar-refractivity contribution >= 4 is 17.7 Å². The molecule has 1 aromatic heterocycles. The number of aryl methyl sites for hydroxylation is 1. The van der Waals surface area contributed by atoms with E-state index in [4.69, 9.17) is 4.42 Å². The molecule has 3 rings (SSSR count). The average Bonchev–Trinajstić information content (AvgIpc) is 3.30. The topological polar surface area (TPSA) is 91.7 Å². The van der Waals surface area contributed by atoms with Crippen LogP contribution in [0.2, 0.25) is 0 Å². The first kappa shape index (κ1) is 21.6. The maximum absolute atomic E-state index is 12.9. The van der Waals surface area contributed by atoms with E-state index in [1.807, 2.05) is 32.0 Å². The predicted octanol–water partition coefficient (Wildman–Crippen LogP) is 2.77. The number of likely N-dealkylation sites (tertiary alicyclic amines) is 1. The van der Waals surface area contributed by atoms with Gasteiger partial charge in [-0.3, -0.25) is 14.4 Å². The van der Waals surface area contributed by atoms with E-state index >= 15 is 0 Å². The summed E-state index contributed by atoms with van der Waals surface area (Å²) < 4.78 is 5.21. The lowest BCUT2D eigenvalue weighted by atomic mass is 9.88. The maximum Gasteiger partial charge on any atom is 0.289 e. The molecule has 2 heterocycles. The summed E-state index contributed by atoms with van der Waals surface area (Å²) in [6.45, 7) is 5.45. The molecule has 1 saturated heterocycles. The van der Waals surface area contributed by atoms with Crippen LogP contribution in [0.4, 0.5) is 0 Å². The third-order valence-electron chi connectivity index (χ3n) is 5.54. The number of nitrogens with one attached hydrogen (secondary N) is 2. The Hall–Kier alpha value is -3.09. The van der Waals surface area contributed by atoms with E-state index in [1.54, 1.807) is 23.1 Å². The smallest absolute Gasteiger partial charge is 0.289 e. The van der Waals surface area contributed by atoms with Crippen molar-refractivity contribution in [1.29, 1.82) is 0 Å². The molecule has 2 N–H and O–H groups in total. The number of carbonyl (C=O) groups is 3. The van der Waals surface area contributed by atoms with Crippen LogP contribution in [0.25, 0.3) is 0 Å². The number of nitrogens with zero attached hydrogens (tertiary/aromatic N) is 1. The number of amides is 3. The van der Waals surface area contributed by atoms with Gasteiger partial charge in [-0.25, -0.2) is 0 Å². The van der Waals surface area contributed by atoms with Gasteiger partial charge in [0.1, 0.15) is 6.04 Å². The number of furan rings is 1. The van der Waals surface area contributed by atoms with Crippen LogP contribution < -0.4 is 10.6 Å². The number of benzene rings is 1. The predicted molar refractivity (Wildman–Crippen MR) is 113 cm³/mol. The van der Waals surface area contributed by atoms with Crippen molar-refractivity contribution in [2.45, 2.75) is 39.2 Å². The summed E-state index contributed by atoms with van der Waals surface area (Å²) in [5.74, 6) is -0.295. The molecule has 0 radical (unpaired) electrons. The molecule has 1 atom stereocenters. The Kier molecular flexibility index (Phi) is 7.27. The van der Waals surface area contributed by atoms with E-state index in [1.165, 1.54) is 6.26 Å². The van der Waals surface area contributed by atoms with Crippen LogP contribution in [0.15, 0.2) is 47.1 Å². The second-order valence-electron chi connectivity index (χ2n) is 7.66. The summed E-state index contributed by atoms with van der Waals surface area (Å²) in [7, 11) is 0. The summed E-state index contributed by atoms with van der Waals surface area (Å²) in [4.78, 5) is 39.9. The highest BCUT2D eigenvalue weighted by Gasteiger charge is 2.34. The van der Waals surface area contributed by atoms with Gasteiger partial charge < -0.3 is 20.0 Å². The van der Waals surface area contributed by atoms with E-state index in [9.17, 15) is 14.4 Å². The van der Waals surface area contributed by atoms with Gasteiger partial charge in [0, 0.05) is 25.2 Å². The standard InChI is InChI=1S/C23H29N3O4/c1-3-12-24-22(28)20(25-21(27)18-8-5-4-7-16(18)2)17-10-13-26(14-11-17)23(29)19-9-6-15-30-19/h4-9,15,17,20H,3,10-14H2,1-2H3,(H,24,28)(H,25,27). The Morgan fingerprint density at radius 3 is 2.50 bits per heavy atom. The maximum atomic E-state index is 12.9. The van der Waals surface area contributed by atoms with Gasteiger partial charge >= 0.3 is 0 Å². The molecule has 0 bridgehead atoms. The van der Waals surface area contributed by atoms with E-state index < -0.39 is 6.04 Å². The Bertz CT molecular complexity index is 870. The van der Waals surface area contributed by atoms with E-state index in [0.29, 0.717) is 43.8 Å². The van der Waals surface area contributed by atoms with E-state index in [0.717, 1.165) is 12.0 Å². The zero-order valence-corrected chi connectivity index (χ0v) is 17.5. The third kappa shape index (κ3) is 5.09. The van der Waals surface area contributed by atoms with Crippen LogP contribution in [-0.2, 0) is 4.79 Å². The van der Waals surface area contributed by atoms with Crippen molar-refractivity contribution in [2.75, 3.05) is 19.6 Å². The molecule has 7 heteroatoms. The number of hydrogen-bond donors (Lipinski definition) is 2. The fraction of sp³-hybridized carbons (Fsp3) is 0.435. The zero-order valence-electron chi connectivity index (χ0n) is 17.5. The molecule has 0 saturated carbocycles. The minimum absolute atomic E-state index is 0.0459. The first-order chi connectivity index (χ1) is 14.5. The average molecular weight is 412 g/mol. The van der Waals surface area contributed by atoms with Crippen LogP contribution >= 0.6 is 0 Å². The highest BCUT2D eigenvalue weighted by molar-refractivity contribution is 5.98. The molecule has 0 aliphatic carbocycles. The minimum Gasteiger partial charge on any atom is -0.459 e. The van der Waals surface area contributed by atoms with Crippen LogP contribution in [0.3, 0.4) is 0 Å². The first-order valence-corrected chi connectivity index (χ1v) is 10.5. The van der Waals surface area contributed by atoms with Gasteiger partial charge in [-0.15, -0.1) is 0 Å². The molecular weight excluding hydrogens is 382 g/mol. The molecule has 1 aromatic carbocycles. The molecule has 1 fully saturated rings. The summed E-state index contributed by atoms with van der Waals surface area (Å²) in [6.07, 6.45) is 3.56. The molecule has 2 aromatic rings. The summed E-state index contributed by atoms with van der Waals surface area (Å²) in [5.41, 5.74) is 1.43. The normalized spacial score (nSPS) is 15.5. The Morgan fingerprint density at radius 2 is 1.87 bits per heavy atom. The zero-order chi connectivity index (χ0) is 21.5. The lowest BCUT2D eigenvalue weighted by molar-refractivity contribution is -0.124. The van der Waals surface area contributed by atoms with Crippen LogP contribution in [0.1, 0.15) is 52.7 Å². The fourth-order valence-electron chi connectivity index (χ4n) is 3.79. The largest absolute Gasteiger partial charge is 0.459 e. The third-order valence-corrected chi connectivity index (χ3v) is 5.54.